The monoisotopic (exact) mass is 267 g/mol. The Kier molecular flexibility index (Phi) is 4.79. The summed E-state index contributed by atoms with van der Waals surface area (Å²) in [6, 6.07) is 0. The fraction of sp³-hybridized carbons (Fsp3) is 0.333. The summed E-state index contributed by atoms with van der Waals surface area (Å²) in [6.07, 6.45) is 1.69. The molecule has 7 heteroatoms. The number of hydrogen-bond donors (Lipinski definition) is 2. The van der Waals surface area contributed by atoms with E-state index in [1.807, 2.05) is 0 Å². The Morgan fingerprint density at radius 1 is 1.69 bits per heavy atom. The first-order chi connectivity index (χ1) is 5.59. The Labute approximate surface area is 91.5 Å². The lowest BCUT2D eigenvalue weighted by atomic mass is 10.4. The second kappa shape index (κ2) is 5.08. The zero-order valence-corrected chi connectivity index (χ0v) is 9.54. The second-order valence-electron chi connectivity index (χ2n) is 2.34. The van der Waals surface area contributed by atoms with Crippen molar-refractivity contribution in [2.24, 2.45) is 23.5 Å². The molecule has 74 valence electrons. The summed E-state index contributed by atoms with van der Waals surface area (Å²) in [5.74, 6) is 0.0386. The highest BCUT2D eigenvalue weighted by molar-refractivity contribution is 8.93. The first-order valence-corrected chi connectivity index (χ1v) is 3.71. The van der Waals surface area contributed by atoms with Gasteiger partial charge in [0, 0.05) is 13.2 Å². The number of aliphatic imine (C=N–C) groups is 1. The van der Waals surface area contributed by atoms with Crippen LogP contribution in [0.3, 0.4) is 0 Å². The molecule has 1 aromatic rings. The molecule has 0 saturated heterocycles. The molecule has 13 heavy (non-hydrogen) atoms. The summed E-state index contributed by atoms with van der Waals surface area (Å²) in [4.78, 5) is 3.78. The van der Waals surface area contributed by atoms with Gasteiger partial charge in [0.05, 0.1) is 11.6 Å². The molecule has 0 radical (unpaired) electrons. The number of nitrogens with two attached hydrogens (primary N) is 2. The maximum Gasteiger partial charge on any atom is 0.186 e. The summed E-state index contributed by atoms with van der Waals surface area (Å²) in [5.41, 5.74) is 11.0. The van der Waals surface area contributed by atoms with E-state index in [0.29, 0.717) is 17.3 Å². The number of hydrogen-bond acceptors (Lipinski definition) is 2. The van der Waals surface area contributed by atoms with Gasteiger partial charge in [0.15, 0.2) is 5.96 Å². The van der Waals surface area contributed by atoms with Gasteiger partial charge < -0.3 is 11.5 Å². The predicted molar refractivity (Wildman–Crippen MR) is 58.1 cm³/mol. The fourth-order valence-electron chi connectivity index (χ4n) is 0.779. The van der Waals surface area contributed by atoms with Crippen molar-refractivity contribution < 1.29 is 0 Å². The summed E-state index contributed by atoms with van der Waals surface area (Å²) >= 11 is 5.79. The minimum Gasteiger partial charge on any atom is -0.370 e. The Morgan fingerprint density at radius 2 is 2.31 bits per heavy atom. The van der Waals surface area contributed by atoms with E-state index in [9.17, 15) is 0 Å². The van der Waals surface area contributed by atoms with Gasteiger partial charge in [-0.2, -0.15) is 5.10 Å². The van der Waals surface area contributed by atoms with Crippen LogP contribution in [-0.4, -0.2) is 15.7 Å². The molecule has 1 rings (SSSR count). The summed E-state index contributed by atoms with van der Waals surface area (Å²) in [6.45, 7) is 0.321. The Bertz CT molecular complexity index is 304. The first kappa shape index (κ1) is 12.2. The Balaban J connectivity index is 0.00000144. The van der Waals surface area contributed by atoms with E-state index in [-0.39, 0.29) is 22.9 Å². The minimum atomic E-state index is 0. The van der Waals surface area contributed by atoms with Crippen molar-refractivity contribution in [1.29, 1.82) is 0 Å². The molecule has 0 bridgehead atoms. The van der Waals surface area contributed by atoms with Crippen molar-refractivity contribution >= 4 is 34.5 Å². The third kappa shape index (κ3) is 3.65. The average molecular weight is 269 g/mol. The molecule has 0 unspecified atom stereocenters. The zero-order valence-electron chi connectivity index (χ0n) is 7.07. The third-order valence-electron chi connectivity index (χ3n) is 1.27. The van der Waals surface area contributed by atoms with Gasteiger partial charge in [-0.1, -0.05) is 11.6 Å². The average Bonchev–Trinajstić information content (AvgIpc) is 2.26. The predicted octanol–water partition coefficient (Wildman–Crippen LogP) is 0.425. The molecule has 1 aromatic heterocycles. The van der Waals surface area contributed by atoms with E-state index in [1.165, 1.54) is 0 Å². The first-order valence-electron chi connectivity index (χ1n) is 3.33. The van der Waals surface area contributed by atoms with Gasteiger partial charge in [-0.3, -0.25) is 4.68 Å². The summed E-state index contributed by atoms with van der Waals surface area (Å²) < 4.78 is 1.61. The van der Waals surface area contributed by atoms with Crippen molar-refractivity contribution in [3.8, 4) is 0 Å². The van der Waals surface area contributed by atoms with Crippen LogP contribution < -0.4 is 11.5 Å². The third-order valence-corrected chi connectivity index (χ3v) is 1.58. The van der Waals surface area contributed by atoms with Crippen molar-refractivity contribution in [3.05, 3.63) is 16.9 Å². The largest absolute Gasteiger partial charge is 0.370 e. The Hall–Kier alpha value is -0.750. The molecule has 0 saturated carbocycles. The number of aryl methyl sites for hydroxylation is 1. The van der Waals surface area contributed by atoms with Gasteiger partial charge in [0.1, 0.15) is 5.69 Å². The van der Waals surface area contributed by atoms with E-state index < -0.39 is 0 Å². The molecule has 0 amide bonds. The molecule has 4 N–H and O–H groups in total. The van der Waals surface area contributed by atoms with E-state index in [0.717, 1.165) is 0 Å². The highest BCUT2D eigenvalue weighted by Gasteiger charge is 2.03. The standard InChI is InChI=1S/C6H10ClN5.BrH/c1-12-3-4(7)5(11-12)2-10-6(8)9;/h3H,2H2,1H3,(H4,8,9,10);1H. The van der Waals surface area contributed by atoms with Crippen LogP contribution in [0.5, 0.6) is 0 Å². The van der Waals surface area contributed by atoms with Crippen LogP contribution in [0.1, 0.15) is 5.69 Å². The molecule has 1 heterocycles. The van der Waals surface area contributed by atoms with E-state index >= 15 is 0 Å². The lowest BCUT2D eigenvalue weighted by Crippen LogP contribution is -2.22. The van der Waals surface area contributed by atoms with Gasteiger partial charge >= 0.3 is 0 Å². The summed E-state index contributed by atoms with van der Waals surface area (Å²) in [7, 11) is 1.78. The SMILES string of the molecule is Br.Cn1cc(Cl)c(CN=C(N)N)n1. The van der Waals surface area contributed by atoms with Gasteiger partial charge in [0.2, 0.25) is 0 Å². The number of nitrogens with zero attached hydrogens (tertiary/aromatic N) is 3. The number of aromatic nitrogens is 2. The molecule has 0 aliphatic heterocycles. The maximum absolute atomic E-state index is 5.79. The molecule has 0 atom stereocenters. The van der Waals surface area contributed by atoms with Crippen molar-refractivity contribution in [2.75, 3.05) is 0 Å². The van der Waals surface area contributed by atoms with Crippen LogP contribution in [0, 0.1) is 0 Å². The van der Waals surface area contributed by atoms with Gasteiger partial charge in [0.25, 0.3) is 0 Å². The van der Waals surface area contributed by atoms with Gasteiger partial charge in [-0.15, -0.1) is 17.0 Å². The number of halogens is 2. The minimum absolute atomic E-state index is 0. The number of rotatable bonds is 2. The highest BCUT2D eigenvalue weighted by Crippen LogP contribution is 2.13. The molecule has 0 aromatic carbocycles. The van der Waals surface area contributed by atoms with E-state index in [4.69, 9.17) is 23.1 Å². The van der Waals surface area contributed by atoms with Crippen LogP contribution in [0.15, 0.2) is 11.2 Å². The van der Waals surface area contributed by atoms with Crippen LogP contribution in [0.2, 0.25) is 5.02 Å². The smallest absolute Gasteiger partial charge is 0.186 e. The molecule has 5 nitrogen and oxygen atoms in total. The van der Waals surface area contributed by atoms with E-state index in [2.05, 4.69) is 10.1 Å². The van der Waals surface area contributed by atoms with Crippen LogP contribution in [0.4, 0.5) is 0 Å². The topological polar surface area (TPSA) is 82.2 Å². The quantitative estimate of drug-likeness (QED) is 0.602. The van der Waals surface area contributed by atoms with Crippen molar-refractivity contribution in [1.82, 2.24) is 9.78 Å². The molecular weight excluding hydrogens is 257 g/mol. The second-order valence-corrected chi connectivity index (χ2v) is 2.75. The normalized spacial score (nSPS) is 9.08. The van der Waals surface area contributed by atoms with Crippen LogP contribution in [0.25, 0.3) is 0 Å². The van der Waals surface area contributed by atoms with Crippen molar-refractivity contribution in [3.63, 3.8) is 0 Å². The molecular formula is C6H11BrClN5. The van der Waals surface area contributed by atoms with Crippen LogP contribution in [-0.2, 0) is 13.6 Å². The maximum atomic E-state index is 5.79. The fourth-order valence-corrected chi connectivity index (χ4v) is 1.02. The van der Waals surface area contributed by atoms with Crippen molar-refractivity contribution in [2.45, 2.75) is 6.54 Å². The zero-order chi connectivity index (χ0) is 9.14. The number of guanidine groups is 1. The van der Waals surface area contributed by atoms with Crippen LogP contribution >= 0.6 is 28.6 Å². The van der Waals surface area contributed by atoms with Gasteiger partial charge in [-0.25, -0.2) is 4.99 Å². The highest BCUT2D eigenvalue weighted by atomic mass is 79.9. The van der Waals surface area contributed by atoms with Gasteiger partial charge in [-0.05, 0) is 0 Å². The lowest BCUT2D eigenvalue weighted by molar-refractivity contribution is 0.742. The Morgan fingerprint density at radius 3 is 2.69 bits per heavy atom. The van der Waals surface area contributed by atoms with E-state index in [1.54, 1.807) is 17.9 Å². The lowest BCUT2D eigenvalue weighted by Gasteiger charge is -1.91. The molecule has 0 fully saturated rings. The molecule has 0 spiro atoms. The summed E-state index contributed by atoms with van der Waals surface area (Å²) in [5, 5.41) is 4.62. The molecule has 0 aliphatic carbocycles. The molecule has 0 aliphatic rings.